The topological polar surface area (TPSA) is 47.3 Å². The minimum absolute atomic E-state index is 0.336. The number of hydrogen-bond acceptors (Lipinski definition) is 4. The maximum Gasteiger partial charge on any atom is 0.191 e. The second kappa shape index (κ2) is 5.67. The van der Waals surface area contributed by atoms with Crippen LogP contribution in [0, 0.1) is 6.92 Å². The van der Waals surface area contributed by atoms with Crippen molar-refractivity contribution in [3.8, 4) is 11.3 Å². The molecule has 1 aliphatic heterocycles. The molecule has 1 aliphatic rings. The van der Waals surface area contributed by atoms with Gasteiger partial charge in [0.2, 0.25) is 0 Å². The first kappa shape index (κ1) is 13.2. The molecule has 4 nitrogen and oxygen atoms in total. The maximum absolute atomic E-state index is 5.79. The second-order valence-corrected chi connectivity index (χ2v) is 5.36. The zero-order chi connectivity index (χ0) is 13.9. The van der Waals surface area contributed by atoms with Crippen LogP contribution in [0.1, 0.15) is 25.7 Å². The van der Waals surface area contributed by atoms with Crippen LogP contribution in [0.3, 0.4) is 0 Å². The first-order valence-corrected chi connectivity index (χ1v) is 7.12. The fourth-order valence-electron chi connectivity index (χ4n) is 2.52. The van der Waals surface area contributed by atoms with Crippen LogP contribution < -0.4 is 5.32 Å². The van der Waals surface area contributed by atoms with Gasteiger partial charge in [-0.15, -0.1) is 0 Å². The molecule has 2 aromatic rings. The highest BCUT2D eigenvalue weighted by atomic mass is 16.5. The number of oxazole rings is 1. The van der Waals surface area contributed by atoms with Crippen LogP contribution in [0.4, 0.5) is 5.69 Å². The van der Waals surface area contributed by atoms with Crippen molar-refractivity contribution < 1.29 is 9.15 Å². The van der Waals surface area contributed by atoms with Gasteiger partial charge in [0.1, 0.15) is 12.0 Å². The van der Waals surface area contributed by atoms with E-state index in [-0.39, 0.29) is 0 Å². The molecule has 0 aliphatic carbocycles. The van der Waals surface area contributed by atoms with Crippen molar-refractivity contribution in [1.82, 2.24) is 4.98 Å². The Morgan fingerprint density at radius 1 is 1.25 bits per heavy atom. The van der Waals surface area contributed by atoms with E-state index in [0.717, 1.165) is 36.3 Å². The minimum atomic E-state index is 0.336. The normalized spacial score (nSPS) is 22.1. The van der Waals surface area contributed by atoms with E-state index in [4.69, 9.17) is 9.15 Å². The predicted octanol–water partition coefficient (Wildman–Crippen LogP) is 3.63. The summed E-state index contributed by atoms with van der Waals surface area (Å²) in [6.07, 6.45) is 4.73. The first-order chi connectivity index (χ1) is 9.70. The Morgan fingerprint density at radius 3 is 2.65 bits per heavy atom. The molecule has 4 heteroatoms. The molecule has 2 unspecified atom stereocenters. The highest BCUT2D eigenvalue weighted by Crippen LogP contribution is 2.22. The van der Waals surface area contributed by atoms with E-state index in [1.165, 1.54) is 0 Å². The molecule has 1 aromatic heterocycles. The Hall–Kier alpha value is -1.81. The number of rotatable bonds is 4. The van der Waals surface area contributed by atoms with Crippen LogP contribution in [0.25, 0.3) is 11.3 Å². The molecule has 2 heterocycles. The Morgan fingerprint density at radius 2 is 2.05 bits per heavy atom. The van der Waals surface area contributed by atoms with E-state index in [1.807, 2.05) is 6.92 Å². The first-order valence-electron chi connectivity index (χ1n) is 7.12. The van der Waals surface area contributed by atoms with Gasteiger partial charge in [0.25, 0.3) is 0 Å². The minimum Gasteiger partial charge on any atom is -0.449 e. The molecular formula is C16H20N2O2. The number of ether oxygens (including phenoxy) is 1. The van der Waals surface area contributed by atoms with E-state index in [2.05, 4.69) is 41.5 Å². The summed E-state index contributed by atoms with van der Waals surface area (Å²) < 4.78 is 11.0. The number of anilines is 1. The van der Waals surface area contributed by atoms with Gasteiger partial charge in [0.15, 0.2) is 5.89 Å². The van der Waals surface area contributed by atoms with Crippen LogP contribution in [0.15, 0.2) is 34.9 Å². The van der Waals surface area contributed by atoms with Crippen molar-refractivity contribution in [3.63, 3.8) is 0 Å². The molecule has 0 bridgehead atoms. The third kappa shape index (κ3) is 3.02. The summed E-state index contributed by atoms with van der Waals surface area (Å²) in [6.45, 7) is 4.85. The zero-order valence-corrected chi connectivity index (χ0v) is 11.9. The van der Waals surface area contributed by atoms with Gasteiger partial charge in [-0.1, -0.05) is 12.1 Å². The molecule has 20 heavy (non-hydrogen) atoms. The van der Waals surface area contributed by atoms with Crippen molar-refractivity contribution in [2.45, 2.75) is 38.9 Å². The molecule has 1 aromatic carbocycles. The third-order valence-electron chi connectivity index (χ3n) is 3.65. The lowest BCUT2D eigenvalue weighted by Gasteiger charge is -2.13. The Kier molecular flexibility index (Phi) is 3.74. The SMILES string of the molecule is Cc1nc(-c2ccc(NCC3CCC(C)O3)cc2)co1. The number of nitrogens with one attached hydrogen (secondary N) is 1. The molecule has 3 rings (SSSR count). The smallest absolute Gasteiger partial charge is 0.191 e. The van der Waals surface area contributed by atoms with Crippen LogP contribution >= 0.6 is 0 Å². The van der Waals surface area contributed by atoms with Crippen molar-refractivity contribution >= 4 is 5.69 Å². The van der Waals surface area contributed by atoms with Crippen LogP contribution in [-0.4, -0.2) is 23.7 Å². The van der Waals surface area contributed by atoms with E-state index in [0.29, 0.717) is 18.1 Å². The van der Waals surface area contributed by atoms with E-state index in [9.17, 15) is 0 Å². The van der Waals surface area contributed by atoms with Gasteiger partial charge in [0, 0.05) is 24.7 Å². The summed E-state index contributed by atoms with van der Waals surface area (Å²) in [6, 6.07) is 8.24. The predicted molar refractivity (Wildman–Crippen MR) is 78.7 cm³/mol. The summed E-state index contributed by atoms with van der Waals surface area (Å²) in [5, 5.41) is 3.42. The van der Waals surface area contributed by atoms with E-state index in [1.54, 1.807) is 6.26 Å². The summed E-state index contributed by atoms with van der Waals surface area (Å²) in [7, 11) is 0. The highest BCUT2D eigenvalue weighted by Gasteiger charge is 2.21. The van der Waals surface area contributed by atoms with Gasteiger partial charge in [-0.25, -0.2) is 4.98 Å². The average Bonchev–Trinajstić information content (AvgIpc) is 3.06. The van der Waals surface area contributed by atoms with Crippen LogP contribution in [0.2, 0.25) is 0 Å². The lowest BCUT2D eigenvalue weighted by Crippen LogP contribution is -2.19. The van der Waals surface area contributed by atoms with E-state index < -0.39 is 0 Å². The molecule has 0 radical (unpaired) electrons. The van der Waals surface area contributed by atoms with Crippen molar-refractivity contribution in [1.29, 1.82) is 0 Å². The molecule has 106 valence electrons. The molecule has 1 fully saturated rings. The Balaban J connectivity index is 1.59. The molecule has 1 N–H and O–H groups in total. The third-order valence-corrected chi connectivity index (χ3v) is 3.65. The van der Waals surface area contributed by atoms with E-state index >= 15 is 0 Å². The van der Waals surface area contributed by atoms with Crippen molar-refractivity contribution in [3.05, 3.63) is 36.4 Å². The second-order valence-electron chi connectivity index (χ2n) is 5.36. The van der Waals surface area contributed by atoms with Gasteiger partial charge >= 0.3 is 0 Å². The standard InChI is InChI=1S/C16H20N2O2/c1-11-3-8-15(20-11)9-17-14-6-4-13(5-7-14)16-10-19-12(2)18-16/h4-7,10-11,15,17H,3,8-9H2,1-2H3. The largest absolute Gasteiger partial charge is 0.449 e. The van der Waals surface area contributed by atoms with Gasteiger partial charge in [-0.05, 0) is 31.9 Å². The van der Waals surface area contributed by atoms with Gasteiger partial charge in [-0.3, -0.25) is 0 Å². The fourth-order valence-corrected chi connectivity index (χ4v) is 2.52. The van der Waals surface area contributed by atoms with Crippen LogP contribution in [-0.2, 0) is 4.74 Å². The number of aryl methyl sites for hydroxylation is 1. The zero-order valence-electron chi connectivity index (χ0n) is 11.9. The Labute approximate surface area is 119 Å². The molecular weight excluding hydrogens is 252 g/mol. The Bertz CT molecular complexity index is 562. The molecule has 0 amide bonds. The lowest BCUT2D eigenvalue weighted by atomic mass is 10.1. The average molecular weight is 272 g/mol. The quantitative estimate of drug-likeness (QED) is 0.923. The summed E-state index contributed by atoms with van der Waals surface area (Å²) >= 11 is 0. The van der Waals surface area contributed by atoms with Gasteiger partial charge in [-0.2, -0.15) is 0 Å². The lowest BCUT2D eigenvalue weighted by molar-refractivity contribution is 0.0637. The fraction of sp³-hybridized carbons (Fsp3) is 0.438. The van der Waals surface area contributed by atoms with Gasteiger partial charge in [0.05, 0.1) is 12.2 Å². The summed E-state index contributed by atoms with van der Waals surface area (Å²) in [5.74, 6) is 0.690. The number of hydrogen-bond donors (Lipinski definition) is 1. The molecule has 1 saturated heterocycles. The van der Waals surface area contributed by atoms with Crippen molar-refractivity contribution in [2.24, 2.45) is 0 Å². The monoisotopic (exact) mass is 272 g/mol. The summed E-state index contributed by atoms with van der Waals surface area (Å²) in [5.41, 5.74) is 3.05. The highest BCUT2D eigenvalue weighted by molar-refractivity contribution is 5.61. The molecule has 0 saturated carbocycles. The number of nitrogens with zero attached hydrogens (tertiary/aromatic N) is 1. The maximum atomic E-state index is 5.79. The molecule has 2 atom stereocenters. The summed E-state index contributed by atoms with van der Waals surface area (Å²) in [4.78, 5) is 4.32. The van der Waals surface area contributed by atoms with Crippen LogP contribution in [0.5, 0.6) is 0 Å². The van der Waals surface area contributed by atoms with Crippen molar-refractivity contribution in [2.75, 3.05) is 11.9 Å². The molecule has 0 spiro atoms. The van der Waals surface area contributed by atoms with Gasteiger partial charge < -0.3 is 14.5 Å². The number of benzene rings is 1. The number of aromatic nitrogens is 1.